The molecule has 23 heavy (non-hydrogen) atoms. The van der Waals surface area contributed by atoms with Gasteiger partial charge in [-0.25, -0.2) is 4.39 Å². The van der Waals surface area contributed by atoms with Gasteiger partial charge >= 0.3 is 0 Å². The third-order valence-corrected chi connectivity index (χ3v) is 3.26. The number of aliphatic hydroxyl groups excluding tert-OH is 1. The van der Waals surface area contributed by atoms with Crippen molar-refractivity contribution >= 4 is 0 Å². The third kappa shape index (κ3) is 5.54. The van der Waals surface area contributed by atoms with Crippen LogP contribution in [0.3, 0.4) is 0 Å². The molecule has 0 bridgehead atoms. The lowest BCUT2D eigenvalue weighted by molar-refractivity contribution is 0.00483. The van der Waals surface area contributed by atoms with Crippen molar-refractivity contribution in [3.05, 3.63) is 59.4 Å². The van der Waals surface area contributed by atoms with Gasteiger partial charge < -0.3 is 19.3 Å². The van der Waals surface area contributed by atoms with E-state index in [1.807, 2.05) is 31.2 Å². The van der Waals surface area contributed by atoms with Crippen LogP contribution in [-0.2, 0) is 11.3 Å². The Morgan fingerprint density at radius 2 is 1.83 bits per heavy atom. The van der Waals surface area contributed by atoms with E-state index in [1.54, 1.807) is 19.2 Å². The van der Waals surface area contributed by atoms with Crippen LogP contribution in [0.15, 0.2) is 42.5 Å². The number of methoxy groups -OCH3 is 1. The Labute approximate surface area is 135 Å². The number of aliphatic hydroxyl groups is 1. The Morgan fingerprint density at radius 3 is 2.52 bits per heavy atom. The number of hydrogen-bond donors (Lipinski definition) is 1. The average molecular weight is 320 g/mol. The molecule has 0 saturated carbocycles. The highest BCUT2D eigenvalue weighted by Gasteiger charge is 2.09. The van der Waals surface area contributed by atoms with Crippen molar-refractivity contribution in [1.29, 1.82) is 0 Å². The highest BCUT2D eigenvalue weighted by molar-refractivity contribution is 5.29. The predicted octanol–water partition coefficient (Wildman–Crippen LogP) is 3.10. The maximum atomic E-state index is 13.5. The van der Waals surface area contributed by atoms with Gasteiger partial charge in [0.05, 0.1) is 20.3 Å². The van der Waals surface area contributed by atoms with Crippen LogP contribution >= 0.6 is 0 Å². The fourth-order valence-electron chi connectivity index (χ4n) is 1.99. The van der Waals surface area contributed by atoms with Crippen LogP contribution in [0.5, 0.6) is 11.5 Å². The normalized spacial score (nSPS) is 12.0. The third-order valence-electron chi connectivity index (χ3n) is 3.26. The molecule has 4 nitrogen and oxygen atoms in total. The molecule has 5 heteroatoms. The number of benzene rings is 2. The quantitative estimate of drug-likeness (QED) is 0.812. The molecule has 2 aromatic rings. The maximum absolute atomic E-state index is 13.5. The van der Waals surface area contributed by atoms with Gasteiger partial charge in [0, 0.05) is 0 Å². The standard InChI is InChI=1S/C18H21FO4/c1-13-3-8-17(19)18(9-13)23-12-15(20)11-22-10-14-4-6-16(21-2)7-5-14/h3-9,15,20H,10-12H2,1-2H3. The van der Waals surface area contributed by atoms with E-state index in [-0.39, 0.29) is 19.0 Å². The summed E-state index contributed by atoms with van der Waals surface area (Å²) < 4.78 is 29.3. The van der Waals surface area contributed by atoms with E-state index in [1.165, 1.54) is 6.07 Å². The topological polar surface area (TPSA) is 47.9 Å². The Kier molecular flexibility index (Phi) is 6.38. The second kappa shape index (κ2) is 8.50. The molecule has 1 unspecified atom stereocenters. The lowest BCUT2D eigenvalue weighted by Crippen LogP contribution is -2.23. The molecule has 0 aliphatic carbocycles. The first-order valence-electron chi connectivity index (χ1n) is 7.36. The number of aryl methyl sites for hydroxylation is 1. The summed E-state index contributed by atoms with van der Waals surface area (Å²) in [4.78, 5) is 0. The van der Waals surface area contributed by atoms with Gasteiger partial charge in [-0.1, -0.05) is 18.2 Å². The summed E-state index contributed by atoms with van der Waals surface area (Å²) in [7, 11) is 1.61. The van der Waals surface area contributed by atoms with Crippen LogP contribution in [-0.4, -0.2) is 31.5 Å². The van der Waals surface area contributed by atoms with E-state index in [2.05, 4.69) is 0 Å². The van der Waals surface area contributed by atoms with Crippen LogP contribution in [0.4, 0.5) is 4.39 Å². The zero-order valence-corrected chi connectivity index (χ0v) is 13.3. The molecular formula is C18H21FO4. The lowest BCUT2D eigenvalue weighted by atomic mass is 10.2. The van der Waals surface area contributed by atoms with Gasteiger partial charge in [-0.05, 0) is 42.3 Å². The molecule has 0 aromatic heterocycles. The van der Waals surface area contributed by atoms with Crippen LogP contribution < -0.4 is 9.47 Å². The first-order chi connectivity index (χ1) is 11.1. The molecule has 0 saturated heterocycles. The van der Waals surface area contributed by atoms with E-state index >= 15 is 0 Å². The first kappa shape index (κ1) is 17.2. The minimum absolute atomic E-state index is 0.0248. The van der Waals surface area contributed by atoms with Crippen LogP contribution in [0, 0.1) is 12.7 Å². The van der Waals surface area contributed by atoms with Crippen molar-refractivity contribution in [1.82, 2.24) is 0 Å². The fourth-order valence-corrected chi connectivity index (χ4v) is 1.99. The number of hydrogen-bond acceptors (Lipinski definition) is 4. The zero-order chi connectivity index (χ0) is 16.7. The van der Waals surface area contributed by atoms with E-state index in [0.29, 0.717) is 6.61 Å². The number of ether oxygens (including phenoxy) is 3. The molecule has 0 aliphatic rings. The molecular weight excluding hydrogens is 299 g/mol. The van der Waals surface area contributed by atoms with Crippen molar-refractivity contribution < 1.29 is 23.7 Å². The summed E-state index contributed by atoms with van der Waals surface area (Å²) in [6, 6.07) is 12.1. The van der Waals surface area contributed by atoms with E-state index in [4.69, 9.17) is 14.2 Å². The number of halogens is 1. The van der Waals surface area contributed by atoms with Crippen molar-refractivity contribution in [2.75, 3.05) is 20.3 Å². The van der Waals surface area contributed by atoms with Gasteiger partial charge in [-0.3, -0.25) is 0 Å². The first-order valence-corrected chi connectivity index (χ1v) is 7.36. The lowest BCUT2D eigenvalue weighted by Gasteiger charge is -2.13. The molecule has 1 atom stereocenters. The van der Waals surface area contributed by atoms with E-state index in [9.17, 15) is 9.50 Å². The van der Waals surface area contributed by atoms with E-state index in [0.717, 1.165) is 16.9 Å². The van der Waals surface area contributed by atoms with Crippen molar-refractivity contribution in [3.63, 3.8) is 0 Å². The molecule has 0 amide bonds. The smallest absolute Gasteiger partial charge is 0.165 e. The Balaban J connectivity index is 1.72. The molecule has 0 fully saturated rings. The molecule has 0 spiro atoms. The predicted molar refractivity (Wildman–Crippen MR) is 85.3 cm³/mol. The minimum atomic E-state index is -0.826. The van der Waals surface area contributed by atoms with Crippen molar-refractivity contribution in [3.8, 4) is 11.5 Å². The summed E-state index contributed by atoms with van der Waals surface area (Å²) in [5, 5.41) is 9.84. The highest BCUT2D eigenvalue weighted by Crippen LogP contribution is 2.18. The fraction of sp³-hybridized carbons (Fsp3) is 0.333. The van der Waals surface area contributed by atoms with Crippen molar-refractivity contribution in [2.24, 2.45) is 0 Å². The summed E-state index contributed by atoms with van der Waals surface area (Å²) in [5.41, 5.74) is 1.87. The minimum Gasteiger partial charge on any atom is -0.497 e. The molecule has 0 radical (unpaired) electrons. The summed E-state index contributed by atoms with van der Waals surface area (Å²) in [6.45, 7) is 2.31. The summed E-state index contributed by atoms with van der Waals surface area (Å²) in [5.74, 6) is 0.475. The van der Waals surface area contributed by atoms with Crippen LogP contribution in [0.2, 0.25) is 0 Å². The van der Waals surface area contributed by atoms with Crippen LogP contribution in [0.25, 0.3) is 0 Å². The summed E-state index contributed by atoms with van der Waals surface area (Å²) in [6.07, 6.45) is -0.826. The molecule has 0 heterocycles. The largest absolute Gasteiger partial charge is 0.497 e. The Bertz CT molecular complexity index is 613. The molecule has 2 rings (SSSR count). The van der Waals surface area contributed by atoms with Gasteiger partial charge in [0.25, 0.3) is 0 Å². The molecule has 124 valence electrons. The highest BCUT2D eigenvalue weighted by atomic mass is 19.1. The van der Waals surface area contributed by atoms with Gasteiger partial charge in [0.1, 0.15) is 18.5 Å². The van der Waals surface area contributed by atoms with Gasteiger partial charge in [-0.2, -0.15) is 0 Å². The second-order valence-corrected chi connectivity index (χ2v) is 5.26. The van der Waals surface area contributed by atoms with Crippen LogP contribution in [0.1, 0.15) is 11.1 Å². The maximum Gasteiger partial charge on any atom is 0.165 e. The summed E-state index contributed by atoms with van der Waals surface area (Å²) >= 11 is 0. The molecule has 0 aliphatic heterocycles. The monoisotopic (exact) mass is 320 g/mol. The Morgan fingerprint density at radius 1 is 1.09 bits per heavy atom. The SMILES string of the molecule is COc1ccc(COCC(O)COc2cc(C)ccc2F)cc1. The van der Waals surface area contributed by atoms with E-state index < -0.39 is 11.9 Å². The second-order valence-electron chi connectivity index (χ2n) is 5.26. The van der Waals surface area contributed by atoms with Gasteiger partial charge in [0.2, 0.25) is 0 Å². The molecule has 2 aromatic carbocycles. The number of rotatable bonds is 8. The molecule has 1 N–H and O–H groups in total. The van der Waals surface area contributed by atoms with Gasteiger partial charge in [0.15, 0.2) is 11.6 Å². The zero-order valence-electron chi connectivity index (χ0n) is 13.3. The Hall–Kier alpha value is -2.11. The van der Waals surface area contributed by atoms with Gasteiger partial charge in [-0.15, -0.1) is 0 Å². The average Bonchev–Trinajstić information content (AvgIpc) is 2.56. The van der Waals surface area contributed by atoms with Crippen molar-refractivity contribution in [2.45, 2.75) is 19.6 Å².